The third kappa shape index (κ3) is 7.54. The van der Waals surface area contributed by atoms with Gasteiger partial charge in [0.25, 0.3) is 0 Å². The first-order valence-electron chi connectivity index (χ1n) is 8.84. The van der Waals surface area contributed by atoms with Crippen molar-refractivity contribution in [2.75, 3.05) is 25.6 Å². The number of hydrogen-bond acceptors (Lipinski definition) is 4. The third-order valence-electron chi connectivity index (χ3n) is 4.02. The van der Waals surface area contributed by atoms with E-state index in [1.54, 1.807) is 19.2 Å². The number of sulfonamides is 1. The molecule has 1 aromatic carbocycles. The zero-order chi connectivity index (χ0) is 18.7. The van der Waals surface area contributed by atoms with Gasteiger partial charge in [-0.15, -0.1) is 0 Å². The molecule has 1 amide bonds. The number of amides is 1. The molecule has 0 aliphatic heterocycles. The molecule has 0 saturated heterocycles. The van der Waals surface area contributed by atoms with Crippen LogP contribution in [0.5, 0.6) is 0 Å². The largest absolute Gasteiger partial charge is 0.385 e. The topological polar surface area (TPSA) is 84.5 Å². The van der Waals surface area contributed by atoms with Gasteiger partial charge in [-0.2, -0.15) is 0 Å². The van der Waals surface area contributed by atoms with Gasteiger partial charge in [-0.25, -0.2) is 13.1 Å². The molecule has 0 spiro atoms. The van der Waals surface area contributed by atoms with Crippen LogP contribution in [0.15, 0.2) is 29.2 Å². The number of carbonyl (C=O) groups excluding carboxylic acids is 1. The number of hydrogen-bond donors (Lipinski definition) is 2. The van der Waals surface area contributed by atoms with Crippen LogP contribution in [0, 0.1) is 5.92 Å². The highest BCUT2D eigenvalue weighted by atomic mass is 32.2. The first-order valence-corrected chi connectivity index (χ1v) is 10.3. The molecule has 25 heavy (non-hydrogen) atoms. The fraction of sp³-hybridized carbons (Fsp3) is 0.611. The van der Waals surface area contributed by atoms with E-state index in [2.05, 4.69) is 17.0 Å². The summed E-state index contributed by atoms with van der Waals surface area (Å²) in [5, 5.41) is 2.87. The highest BCUT2D eigenvalue weighted by molar-refractivity contribution is 7.89. The lowest BCUT2D eigenvalue weighted by molar-refractivity contribution is -0.120. The van der Waals surface area contributed by atoms with Crippen molar-refractivity contribution in [3.05, 3.63) is 24.3 Å². The van der Waals surface area contributed by atoms with Crippen LogP contribution in [0.1, 0.15) is 46.0 Å². The predicted octanol–water partition coefficient (Wildman–Crippen LogP) is 3.16. The quantitative estimate of drug-likeness (QED) is 0.554. The maximum Gasteiger partial charge on any atom is 0.240 e. The Bertz CT molecular complexity index is 614. The zero-order valence-corrected chi connectivity index (χ0v) is 16.2. The van der Waals surface area contributed by atoms with Gasteiger partial charge in [0.15, 0.2) is 0 Å². The third-order valence-corrected chi connectivity index (χ3v) is 5.50. The van der Waals surface area contributed by atoms with E-state index < -0.39 is 10.0 Å². The van der Waals surface area contributed by atoms with E-state index in [0.29, 0.717) is 25.3 Å². The number of ether oxygens (including phenoxy) is 1. The van der Waals surface area contributed by atoms with Crippen LogP contribution in [0.2, 0.25) is 0 Å². The van der Waals surface area contributed by atoms with Gasteiger partial charge in [0.2, 0.25) is 15.9 Å². The van der Waals surface area contributed by atoms with Crippen molar-refractivity contribution < 1.29 is 17.9 Å². The van der Waals surface area contributed by atoms with Crippen molar-refractivity contribution >= 4 is 21.6 Å². The summed E-state index contributed by atoms with van der Waals surface area (Å²) >= 11 is 0. The van der Waals surface area contributed by atoms with Gasteiger partial charge in [0.1, 0.15) is 0 Å². The lowest BCUT2D eigenvalue weighted by atomic mass is 9.98. The zero-order valence-electron chi connectivity index (χ0n) is 15.4. The monoisotopic (exact) mass is 370 g/mol. The van der Waals surface area contributed by atoms with Gasteiger partial charge in [-0.1, -0.05) is 26.7 Å². The summed E-state index contributed by atoms with van der Waals surface area (Å²) in [6, 6.07) is 6.24. The Morgan fingerprint density at radius 3 is 2.40 bits per heavy atom. The van der Waals surface area contributed by atoms with Gasteiger partial charge in [-0.05, 0) is 43.5 Å². The average molecular weight is 371 g/mol. The summed E-state index contributed by atoms with van der Waals surface area (Å²) in [7, 11) is -1.96. The van der Waals surface area contributed by atoms with E-state index in [-0.39, 0.29) is 16.7 Å². The fourth-order valence-corrected chi connectivity index (χ4v) is 3.51. The summed E-state index contributed by atoms with van der Waals surface area (Å²) in [5.41, 5.74) is 0.610. The minimum atomic E-state index is -3.54. The number of methoxy groups -OCH3 is 1. The van der Waals surface area contributed by atoms with E-state index >= 15 is 0 Å². The Morgan fingerprint density at radius 2 is 1.84 bits per heavy atom. The van der Waals surface area contributed by atoms with Gasteiger partial charge in [0, 0.05) is 31.9 Å². The van der Waals surface area contributed by atoms with Gasteiger partial charge >= 0.3 is 0 Å². The molecule has 0 fully saturated rings. The van der Waals surface area contributed by atoms with Crippen molar-refractivity contribution in [1.82, 2.24) is 4.72 Å². The molecule has 1 unspecified atom stereocenters. The molecule has 7 heteroatoms. The normalized spacial score (nSPS) is 12.8. The molecule has 0 aliphatic rings. The molecule has 1 rings (SSSR count). The van der Waals surface area contributed by atoms with Crippen molar-refractivity contribution in [3.8, 4) is 0 Å². The second-order valence-electron chi connectivity index (χ2n) is 6.01. The van der Waals surface area contributed by atoms with Crippen LogP contribution < -0.4 is 10.0 Å². The minimum absolute atomic E-state index is 0.00851. The Labute approximate surface area is 151 Å². The number of rotatable bonds is 12. The van der Waals surface area contributed by atoms with E-state index in [1.807, 2.05) is 6.92 Å². The van der Waals surface area contributed by atoms with Gasteiger partial charge in [0.05, 0.1) is 4.90 Å². The Kier molecular flexibility index (Phi) is 9.70. The molecule has 0 heterocycles. The highest BCUT2D eigenvalue weighted by Crippen LogP contribution is 2.18. The summed E-state index contributed by atoms with van der Waals surface area (Å²) in [6.07, 6.45) is 4.37. The SMILES string of the molecule is CCCCC(CC)C(=O)Nc1ccc(S(=O)(=O)NCCCOC)cc1. The number of nitrogens with one attached hydrogen (secondary N) is 2. The Hall–Kier alpha value is -1.44. The second kappa shape index (κ2) is 11.2. The fourth-order valence-electron chi connectivity index (χ4n) is 2.44. The number of benzene rings is 1. The maximum absolute atomic E-state index is 12.3. The van der Waals surface area contributed by atoms with Crippen LogP contribution in [0.3, 0.4) is 0 Å². The summed E-state index contributed by atoms with van der Waals surface area (Å²) in [6.45, 7) is 4.94. The molecule has 0 aromatic heterocycles. The predicted molar refractivity (Wildman–Crippen MR) is 100 cm³/mol. The number of anilines is 1. The van der Waals surface area contributed by atoms with Gasteiger partial charge in [-0.3, -0.25) is 4.79 Å². The standard InChI is InChI=1S/C18H30N2O4S/c1-4-6-8-15(5-2)18(21)20-16-9-11-17(12-10-16)25(22,23)19-13-7-14-24-3/h9-12,15,19H,4-8,13-14H2,1-3H3,(H,20,21). The Balaban J connectivity index is 2.64. The summed E-state index contributed by atoms with van der Waals surface area (Å²) < 4.78 is 31.7. The molecule has 6 nitrogen and oxygen atoms in total. The molecule has 0 saturated carbocycles. The maximum atomic E-state index is 12.3. The molecule has 1 atom stereocenters. The lowest BCUT2D eigenvalue weighted by Gasteiger charge is -2.15. The lowest BCUT2D eigenvalue weighted by Crippen LogP contribution is -2.25. The van der Waals surface area contributed by atoms with Crippen molar-refractivity contribution in [1.29, 1.82) is 0 Å². The van der Waals surface area contributed by atoms with E-state index in [9.17, 15) is 13.2 Å². The molecule has 0 aliphatic carbocycles. The van der Waals surface area contributed by atoms with Crippen molar-refractivity contribution in [2.45, 2.75) is 50.8 Å². The van der Waals surface area contributed by atoms with Gasteiger partial charge < -0.3 is 10.1 Å². The highest BCUT2D eigenvalue weighted by Gasteiger charge is 2.17. The van der Waals surface area contributed by atoms with Crippen LogP contribution in [0.4, 0.5) is 5.69 Å². The smallest absolute Gasteiger partial charge is 0.240 e. The molecule has 1 aromatic rings. The minimum Gasteiger partial charge on any atom is -0.385 e. The van der Waals surface area contributed by atoms with E-state index in [1.165, 1.54) is 12.1 Å². The van der Waals surface area contributed by atoms with Crippen LogP contribution in [-0.2, 0) is 19.6 Å². The summed E-state index contributed by atoms with van der Waals surface area (Å²) in [4.78, 5) is 12.5. The van der Waals surface area contributed by atoms with Crippen molar-refractivity contribution in [2.24, 2.45) is 5.92 Å². The van der Waals surface area contributed by atoms with E-state index in [0.717, 1.165) is 25.7 Å². The molecule has 2 N–H and O–H groups in total. The first kappa shape index (κ1) is 21.6. The first-order chi connectivity index (χ1) is 11.9. The molecule has 142 valence electrons. The average Bonchev–Trinajstić information content (AvgIpc) is 2.60. The molecular formula is C18H30N2O4S. The number of carbonyl (C=O) groups is 1. The molecule has 0 radical (unpaired) electrons. The van der Waals surface area contributed by atoms with Crippen LogP contribution in [-0.4, -0.2) is 34.6 Å². The van der Waals surface area contributed by atoms with Crippen LogP contribution >= 0.6 is 0 Å². The molecular weight excluding hydrogens is 340 g/mol. The Morgan fingerprint density at radius 1 is 1.16 bits per heavy atom. The van der Waals surface area contributed by atoms with Crippen LogP contribution in [0.25, 0.3) is 0 Å². The molecule has 0 bridgehead atoms. The summed E-state index contributed by atoms with van der Waals surface area (Å²) in [5.74, 6) is -0.0185. The number of unbranched alkanes of at least 4 members (excludes halogenated alkanes) is 1. The van der Waals surface area contributed by atoms with Crippen molar-refractivity contribution in [3.63, 3.8) is 0 Å². The van der Waals surface area contributed by atoms with E-state index in [4.69, 9.17) is 4.74 Å². The second-order valence-corrected chi connectivity index (χ2v) is 7.77.